The van der Waals surface area contributed by atoms with Crippen molar-refractivity contribution in [3.05, 3.63) is 53.7 Å². The average molecular weight is 313 g/mol. The van der Waals surface area contributed by atoms with Crippen LogP contribution in [0.15, 0.2) is 36.7 Å². The highest BCUT2D eigenvalue weighted by atomic mass is 19.1. The van der Waals surface area contributed by atoms with Gasteiger partial charge in [-0.3, -0.25) is 0 Å². The number of halogens is 1. The van der Waals surface area contributed by atoms with Crippen molar-refractivity contribution in [2.75, 3.05) is 11.4 Å². The Bertz CT molecular complexity index is 847. The van der Waals surface area contributed by atoms with Crippen molar-refractivity contribution in [2.45, 2.75) is 25.5 Å². The molecule has 2 aromatic heterocycles. The second-order valence-corrected chi connectivity index (χ2v) is 5.84. The molecule has 0 spiro atoms. The monoisotopic (exact) mass is 313 g/mol. The Morgan fingerprint density at radius 2 is 2.04 bits per heavy atom. The van der Waals surface area contributed by atoms with Gasteiger partial charge in [-0.25, -0.2) is 9.37 Å². The molecule has 23 heavy (non-hydrogen) atoms. The molecule has 3 aromatic rings. The van der Waals surface area contributed by atoms with Crippen molar-refractivity contribution >= 4 is 11.6 Å². The summed E-state index contributed by atoms with van der Waals surface area (Å²) in [6.45, 7) is 2.39. The van der Waals surface area contributed by atoms with Crippen LogP contribution in [0.3, 0.4) is 0 Å². The Balaban J connectivity index is 1.81. The van der Waals surface area contributed by atoms with Gasteiger partial charge in [0.1, 0.15) is 18.0 Å². The standard InChI is InChI=1S/C16H16FN5O/c1-10-6-15(22-16(20-10)18-9-19-22)21-8-13(23)7-14(21)11-2-4-12(17)5-3-11/h2-6,9,13-14,23H,7-8H2,1H3/t13-,14-/m0/s1. The summed E-state index contributed by atoms with van der Waals surface area (Å²) in [6.07, 6.45) is 1.60. The van der Waals surface area contributed by atoms with E-state index in [9.17, 15) is 9.50 Å². The summed E-state index contributed by atoms with van der Waals surface area (Å²) in [7, 11) is 0. The maximum Gasteiger partial charge on any atom is 0.254 e. The maximum absolute atomic E-state index is 13.2. The van der Waals surface area contributed by atoms with Crippen molar-refractivity contribution in [3.8, 4) is 0 Å². The van der Waals surface area contributed by atoms with Crippen LogP contribution in [-0.2, 0) is 0 Å². The van der Waals surface area contributed by atoms with Gasteiger partial charge in [0, 0.05) is 18.3 Å². The fraction of sp³-hybridized carbons (Fsp3) is 0.312. The van der Waals surface area contributed by atoms with Crippen LogP contribution < -0.4 is 4.90 Å². The predicted octanol–water partition coefficient (Wildman–Crippen LogP) is 1.88. The second-order valence-electron chi connectivity index (χ2n) is 5.84. The van der Waals surface area contributed by atoms with Gasteiger partial charge in [-0.2, -0.15) is 14.6 Å². The minimum atomic E-state index is -0.447. The fourth-order valence-corrected chi connectivity index (χ4v) is 3.18. The molecule has 7 heteroatoms. The molecule has 1 fully saturated rings. The van der Waals surface area contributed by atoms with Gasteiger partial charge < -0.3 is 10.0 Å². The molecule has 6 nitrogen and oxygen atoms in total. The highest BCUT2D eigenvalue weighted by molar-refractivity contribution is 5.50. The molecule has 0 radical (unpaired) electrons. The van der Waals surface area contributed by atoms with E-state index in [4.69, 9.17) is 0 Å². The first-order chi connectivity index (χ1) is 11.1. The number of aliphatic hydroxyl groups excluding tert-OH is 1. The molecule has 0 unspecified atom stereocenters. The van der Waals surface area contributed by atoms with Gasteiger partial charge in [0.25, 0.3) is 5.78 Å². The first-order valence-electron chi connectivity index (χ1n) is 7.49. The molecule has 0 bridgehead atoms. The van der Waals surface area contributed by atoms with E-state index in [1.54, 1.807) is 16.6 Å². The van der Waals surface area contributed by atoms with E-state index in [2.05, 4.69) is 20.0 Å². The molecule has 118 valence electrons. The smallest absolute Gasteiger partial charge is 0.254 e. The number of hydrogen-bond donors (Lipinski definition) is 1. The Hall–Kier alpha value is -2.54. The Labute approximate surface area is 132 Å². The average Bonchev–Trinajstić information content (AvgIpc) is 3.13. The predicted molar refractivity (Wildman–Crippen MR) is 82.6 cm³/mol. The molecule has 1 N–H and O–H groups in total. The van der Waals surface area contributed by atoms with E-state index in [1.807, 2.05) is 13.0 Å². The molecular weight excluding hydrogens is 297 g/mol. The number of aromatic nitrogens is 4. The SMILES string of the molecule is Cc1cc(N2C[C@@H](O)C[C@H]2c2ccc(F)cc2)n2ncnc2n1. The van der Waals surface area contributed by atoms with Gasteiger partial charge in [-0.05, 0) is 31.0 Å². The summed E-state index contributed by atoms with van der Waals surface area (Å²) >= 11 is 0. The van der Waals surface area contributed by atoms with Crippen LogP contribution in [0.1, 0.15) is 23.7 Å². The van der Waals surface area contributed by atoms with Crippen LogP contribution in [0.25, 0.3) is 5.78 Å². The third kappa shape index (κ3) is 2.43. The normalized spacial score (nSPS) is 21.3. The second kappa shape index (κ2) is 5.27. The Morgan fingerprint density at radius 1 is 1.26 bits per heavy atom. The number of fused-ring (bicyclic) bond motifs is 1. The highest BCUT2D eigenvalue weighted by Crippen LogP contribution is 2.36. The van der Waals surface area contributed by atoms with Crippen LogP contribution in [0.5, 0.6) is 0 Å². The summed E-state index contributed by atoms with van der Waals surface area (Å²) in [5.74, 6) is 1.09. The van der Waals surface area contributed by atoms with Crippen molar-refractivity contribution in [1.29, 1.82) is 0 Å². The van der Waals surface area contributed by atoms with E-state index in [0.29, 0.717) is 18.7 Å². The van der Waals surface area contributed by atoms with E-state index >= 15 is 0 Å². The minimum absolute atomic E-state index is 0.0419. The minimum Gasteiger partial charge on any atom is -0.391 e. The fourth-order valence-electron chi connectivity index (χ4n) is 3.18. The zero-order chi connectivity index (χ0) is 16.0. The van der Waals surface area contributed by atoms with Crippen molar-refractivity contribution in [2.24, 2.45) is 0 Å². The molecule has 0 aliphatic carbocycles. The molecule has 3 heterocycles. The van der Waals surface area contributed by atoms with Crippen molar-refractivity contribution in [1.82, 2.24) is 19.6 Å². The molecule has 1 saturated heterocycles. The van der Waals surface area contributed by atoms with E-state index in [-0.39, 0.29) is 11.9 Å². The Morgan fingerprint density at radius 3 is 2.83 bits per heavy atom. The molecule has 2 atom stereocenters. The lowest BCUT2D eigenvalue weighted by atomic mass is 10.0. The lowest BCUT2D eigenvalue weighted by Crippen LogP contribution is -2.27. The highest BCUT2D eigenvalue weighted by Gasteiger charge is 2.34. The van der Waals surface area contributed by atoms with Gasteiger partial charge >= 0.3 is 0 Å². The van der Waals surface area contributed by atoms with Crippen LogP contribution in [0, 0.1) is 12.7 Å². The topological polar surface area (TPSA) is 66.5 Å². The molecule has 1 aliphatic heterocycles. The summed E-state index contributed by atoms with van der Waals surface area (Å²) < 4.78 is 14.9. The lowest BCUT2D eigenvalue weighted by molar-refractivity contribution is 0.194. The third-order valence-electron chi connectivity index (χ3n) is 4.19. The summed E-state index contributed by atoms with van der Waals surface area (Å²) in [5, 5.41) is 14.4. The number of hydrogen-bond acceptors (Lipinski definition) is 5. The van der Waals surface area contributed by atoms with E-state index in [1.165, 1.54) is 18.5 Å². The van der Waals surface area contributed by atoms with Crippen LogP contribution >= 0.6 is 0 Å². The van der Waals surface area contributed by atoms with Gasteiger partial charge in [0.05, 0.1) is 12.1 Å². The zero-order valence-corrected chi connectivity index (χ0v) is 12.6. The number of rotatable bonds is 2. The quantitative estimate of drug-likeness (QED) is 0.782. The first-order valence-corrected chi connectivity index (χ1v) is 7.49. The number of anilines is 1. The number of nitrogens with zero attached hydrogens (tertiary/aromatic N) is 5. The van der Waals surface area contributed by atoms with Crippen molar-refractivity contribution in [3.63, 3.8) is 0 Å². The molecular formula is C16H16FN5O. The molecule has 1 aromatic carbocycles. The molecule has 4 rings (SSSR count). The number of β-amino-alcohol motifs (C(OH)–C–C–N with tert-alkyl or cyclic N) is 1. The van der Waals surface area contributed by atoms with Crippen LogP contribution in [0.4, 0.5) is 10.2 Å². The molecule has 1 aliphatic rings. The maximum atomic E-state index is 13.2. The zero-order valence-electron chi connectivity index (χ0n) is 12.6. The van der Waals surface area contributed by atoms with Crippen LogP contribution in [-0.4, -0.2) is 37.3 Å². The molecule has 0 amide bonds. The van der Waals surface area contributed by atoms with Gasteiger partial charge in [0.15, 0.2) is 0 Å². The largest absolute Gasteiger partial charge is 0.391 e. The summed E-state index contributed by atoms with van der Waals surface area (Å²) in [6, 6.07) is 8.30. The molecule has 0 saturated carbocycles. The number of benzene rings is 1. The van der Waals surface area contributed by atoms with Gasteiger partial charge in [0.2, 0.25) is 0 Å². The van der Waals surface area contributed by atoms with E-state index in [0.717, 1.165) is 17.1 Å². The number of aliphatic hydroxyl groups is 1. The van der Waals surface area contributed by atoms with Crippen molar-refractivity contribution < 1.29 is 9.50 Å². The van der Waals surface area contributed by atoms with E-state index < -0.39 is 6.10 Å². The van der Waals surface area contributed by atoms with Crippen LogP contribution in [0.2, 0.25) is 0 Å². The summed E-state index contributed by atoms with van der Waals surface area (Å²) in [5.41, 5.74) is 1.80. The lowest BCUT2D eigenvalue weighted by Gasteiger charge is -2.27. The van der Waals surface area contributed by atoms with Gasteiger partial charge in [-0.1, -0.05) is 12.1 Å². The number of aryl methyl sites for hydroxylation is 1. The third-order valence-corrected chi connectivity index (χ3v) is 4.19. The summed E-state index contributed by atoms with van der Waals surface area (Å²) in [4.78, 5) is 10.6. The first kappa shape index (κ1) is 14.1. The van der Waals surface area contributed by atoms with Gasteiger partial charge in [-0.15, -0.1) is 0 Å². The Kier molecular flexibility index (Phi) is 3.23.